The van der Waals surface area contributed by atoms with E-state index >= 15 is 0 Å². The van der Waals surface area contributed by atoms with Crippen molar-refractivity contribution in [2.24, 2.45) is 5.73 Å². The molecule has 4 rings (SSSR count). The number of rotatable bonds is 5. The molecular formula is C20H20ClN5O2. The summed E-state index contributed by atoms with van der Waals surface area (Å²) in [5, 5.41) is 0. The van der Waals surface area contributed by atoms with Crippen molar-refractivity contribution in [2.45, 2.75) is 19.6 Å². The maximum Gasteiger partial charge on any atom is 0.259 e. The minimum atomic E-state index is -0.0539. The van der Waals surface area contributed by atoms with Gasteiger partial charge in [0.05, 0.1) is 5.69 Å². The fourth-order valence-electron chi connectivity index (χ4n) is 3.08. The summed E-state index contributed by atoms with van der Waals surface area (Å²) in [6.45, 7) is 1.28. The molecule has 28 heavy (non-hydrogen) atoms. The number of aromatic nitrogens is 3. The SMILES string of the molecule is Cl.NCc1cc(OCc2cccc(C(=O)N3CCc4cccnc43)c2)ncn1. The first-order valence-electron chi connectivity index (χ1n) is 8.73. The summed E-state index contributed by atoms with van der Waals surface area (Å²) in [5.41, 5.74) is 8.89. The van der Waals surface area contributed by atoms with Gasteiger partial charge in [0, 0.05) is 30.9 Å². The molecule has 0 saturated carbocycles. The quantitative estimate of drug-likeness (QED) is 0.711. The third kappa shape index (κ3) is 4.11. The summed E-state index contributed by atoms with van der Waals surface area (Å²) in [4.78, 5) is 27.1. The Hall–Kier alpha value is -3.03. The van der Waals surface area contributed by atoms with Gasteiger partial charge in [0.1, 0.15) is 18.8 Å². The highest BCUT2D eigenvalue weighted by molar-refractivity contribution is 6.06. The minimum Gasteiger partial charge on any atom is -0.473 e. The molecule has 0 radical (unpaired) electrons. The zero-order valence-electron chi connectivity index (χ0n) is 15.1. The molecule has 3 heterocycles. The Labute approximate surface area is 169 Å². The molecule has 3 aromatic rings. The van der Waals surface area contributed by atoms with E-state index in [2.05, 4.69) is 15.0 Å². The fourth-order valence-corrected chi connectivity index (χ4v) is 3.08. The number of nitrogens with zero attached hydrogens (tertiary/aromatic N) is 4. The Morgan fingerprint density at radius 1 is 1.14 bits per heavy atom. The van der Waals surface area contributed by atoms with Gasteiger partial charge >= 0.3 is 0 Å². The molecule has 2 aromatic heterocycles. The lowest BCUT2D eigenvalue weighted by molar-refractivity contribution is 0.0988. The maximum atomic E-state index is 12.9. The van der Waals surface area contributed by atoms with Gasteiger partial charge in [0.25, 0.3) is 5.91 Å². The standard InChI is InChI=1S/C20H19N5O2.ClH/c21-11-17-10-18(24-13-23-17)27-12-14-3-1-4-16(9-14)20(26)25-8-6-15-5-2-7-22-19(15)25;/h1-5,7,9-10,13H,6,8,11-12,21H2;1H. The lowest BCUT2D eigenvalue weighted by Crippen LogP contribution is -2.29. The Kier molecular flexibility index (Phi) is 6.18. The number of carbonyl (C=O) groups is 1. The summed E-state index contributed by atoms with van der Waals surface area (Å²) < 4.78 is 5.71. The van der Waals surface area contributed by atoms with Crippen LogP contribution < -0.4 is 15.4 Å². The highest BCUT2D eigenvalue weighted by Gasteiger charge is 2.26. The Bertz CT molecular complexity index is 982. The average molecular weight is 398 g/mol. The summed E-state index contributed by atoms with van der Waals surface area (Å²) in [5.74, 6) is 1.15. The predicted octanol–water partition coefficient (Wildman–Crippen LogP) is 2.53. The van der Waals surface area contributed by atoms with Crippen LogP contribution >= 0.6 is 12.4 Å². The summed E-state index contributed by atoms with van der Waals surface area (Å²) in [7, 11) is 0. The van der Waals surface area contributed by atoms with Crippen LogP contribution in [-0.4, -0.2) is 27.4 Å². The van der Waals surface area contributed by atoms with Gasteiger partial charge < -0.3 is 10.5 Å². The first-order chi connectivity index (χ1) is 13.2. The third-order valence-corrected chi connectivity index (χ3v) is 4.44. The van der Waals surface area contributed by atoms with Gasteiger partial charge in [-0.3, -0.25) is 9.69 Å². The van der Waals surface area contributed by atoms with Crippen LogP contribution in [0.4, 0.5) is 5.82 Å². The van der Waals surface area contributed by atoms with E-state index in [-0.39, 0.29) is 18.3 Å². The van der Waals surface area contributed by atoms with Gasteiger partial charge in [-0.25, -0.2) is 15.0 Å². The van der Waals surface area contributed by atoms with Crippen molar-refractivity contribution in [3.63, 3.8) is 0 Å². The molecule has 2 N–H and O–H groups in total. The van der Waals surface area contributed by atoms with E-state index in [9.17, 15) is 4.79 Å². The summed E-state index contributed by atoms with van der Waals surface area (Å²) in [6, 6.07) is 13.0. The number of fused-ring (bicyclic) bond motifs is 1. The van der Waals surface area contributed by atoms with Crippen molar-refractivity contribution >= 4 is 24.1 Å². The number of hydrogen-bond acceptors (Lipinski definition) is 6. The predicted molar refractivity (Wildman–Crippen MR) is 108 cm³/mol. The first kappa shape index (κ1) is 19.7. The molecule has 8 heteroatoms. The average Bonchev–Trinajstić information content (AvgIpc) is 3.16. The lowest BCUT2D eigenvalue weighted by atomic mass is 10.1. The molecule has 0 saturated heterocycles. The largest absolute Gasteiger partial charge is 0.473 e. The number of ether oxygens (including phenoxy) is 1. The molecule has 1 aliphatic rings. The van der Waals surface area contributed by atoms with Gasteiger partial charge in [-0.05, 0) is 35.7 Å². The maximum absolute atomic E-state index is 12.9. The van der Waals surface area contributed by atoms with Crippen molar-refractivity contribution in [1.29, 1.82) is 0 Å². The molecule has 0 fully saturated rings. The van der Waals surface area contributed by atoms with E-state index in [0.717, 1.165) is 23.4 Å². The van der Waals surface area contributed by atoms with Crippen LogP contribution in [0.15, 0.2) is 55.0 Å². The summed E-state index contributed by atoms with van der Waals surface area (Å²) >= 11 is 0. The van der Waals surface area contributed by atoms with E-state index in [1.165, 1.54) is 6.33 Å². The van der Waals surface area contributed by atoms with Crippen LogP contribution in [0, 0.1) is 0 Å². The van der Waals surface area contributed by atoms with E-state index in [1.807, 2.05) is 36.4 Å². The van der Waals surface area contributed by atoms with Crippen molar-refractivity contribution in [2.75, 3.05) is 11.4 Å². The number of hydrogen-bond donors (Lipinski definition) is 1. The highest BCUT2D eigenvalue weighted by Crippen LogP contribution is 2.26. The molecule has 7 nitrogen and oxygen atoms in total. The van der Waals surface area contributed by atoms with Gasteiger partial charge in [-0.15, -0.1) is 12.4 Å². The number of benzene rings is 1. The van der Waals surface area contributed by atoms with Crippen molar-refractivity contribution in [1.82, 2.24) is 15.0 Å². The molecule has 0 spiro atoms. The van der Waals surface area contributed by atoms with Crippen LogP contribution in [-0.2, 0) is 19.6 Å². The smallest absolute Gasteiger partial charge is 0.259 e. The number of anilines is 1. The molecule has 144 valence electrons. The molecular weight excluding hydrogens is 378 g/mol. The molecule has 0 atom stereocenters. The van der Waals surface area contributed by atoms with Gasteiger partial charge in [0.15, 0.2) is 0 Å². The van der Waals surface area contributed by atoms with Gasteiger partial charge in [0.2, 0.25) is 5.88 Å². The third-order valence-electron chi connectivity index (χ3n) is 4.44. The number of pyridine rings is 1. The highest BCUT2D eigenvalue weighted by atomic mass is 35.5. The zero-order valence-corrected chi connectivity index (χ0v) is 15.9. The van der Waals surface area contributed by atoms with E-state index in [4.69, 9.17) is 10.5 Å². The lowest BCUT2D eigenvalue weighted by Gasteiger charge is -2.16. The molecule has 1 aliphatic heterocycles. The molecule has 1 aromatic carbocycles. The second-order valence-corrected chi connectivity index (χ2v) is 6.23. The number of carbonyl (C=O) groups excluding carboxylic acids is 1. The zero-order chi connectivity index (χ0) is 18.6. The second kappa shape index (κ2) is 8.77. The summed E-state index contributed by atoms with van der Waals surface area (Å²) in [6.07, 6.45) is 3.97. The van der Waals surface area contributed by atoms with E-state index in [0.29, 0.717) is 36.8 Å². The Morgan fingerprint density at radius 3 is 2.89 bits per heavy atom. The van der Waals surface area contributed by atoms with Crippen LogP contribution in [0.3, 0.4) is 0 Å². The Balaban J connectivity index is 0.00000225. The number of amides is 1. The monoisotopic (exact) mass is 397 g/mol. The minimum absolute atomic E-state index is 0. The van der Waals surface area contributed by atoms with E-state index < -0.39 is 0 Å². The first-order valence-corrected chi connectivity index (χ1v) is 8.73. The van der Waals surface area contributed by atoms with Gasteiger partial charge in [-0.2, -0.15) is 0 Å². The molecule has 1 amide bonds. The topological polar surface area (TPSA) is 94.2 Å². The number of nitrogens with two attached hydrogens (primary N) is 1. The van der Waals surface area contributed by atoms with Crippen LogP contribution in [0.25, 0.3) is 0 Å². The van der Waals surface area contributed by atoms with Crippen molar-refractivity contribution in [3.05, 3.63) is 77.4 Å². The fraction of sp³-hybridized carbons (Fsp3) is 0.200. The normalized spacial score (nSPS) is 12.2. The van der Waals surface area contributed by atoms with Crippen LogP contribution in [0.5, 0.6) is 5.88 Å². The van der Waals surface area contributed by atoms with Gasteiger partial charge in [-0.1, -0.05) is 18.2 Å². The molecule has 0 aliphatic carbocycles. The van der Waals surface area contributed by atoms with E-state index in [1.54, 1.807) is 17.2 Å². The molecule has 0 unspecified atom stereocenters. The van der Waals surface area contributed by atoms with Crippen LogP contribution in [0.1, 0.15) is 27.2 Å². The van der Waals surface area contributed by atoms with Crippen molar-refractivity contribution < 1.29 is 9.53 Å². The van der Waals surface area contributed by atoms with Crippen LogP contribution in [0.2, 0.25) is 0 Å². The Morgan fingerprint density at radius 2 is 2.04 bits per heavy atom. The number of halogens is 1. The second-order valence-electron chi connectivity index (χ2n) is 6.23. The van der Waals surface area contributed by atoms with Crippen molar-refractivity contribution in [3.8, 4) is 5.88 Å². The molecule has 0 bridgehead atoms.